The lowest BCUT2D eigenvalue weighted by molar-refractivity contribution is 0.00718. The molecule has 0 aromatic heterocycles. The van der Waals surface area contributed by atoms with Crippen LogP contribution in [0.15, 0.2) is 0 Å². The Morgan fingerprint density at radius 2 is 2.50 bits per heavy atom. The number of rotatable bonds is 1. The molecule has 3 N–H and O–H groups in total. The van der Waals surface area contributed by atoms with Gasteiger partial charge in [0.05, 0.1) is 12.1 Å². The molecule has 2 heterocycles. The molecule has 2 bridgehead atoms. The fraction of sp³-hybridized carbons (Fsp3) is 1.00. The van der Waals surface area contributed by atoms with Crippen molar-refractivity contribution >= 4 is 0 Å². The number of nitrogens with two attached hydrogens (primary N) is 1. The molecule has 0 saturated carbocycles. The molecule has 3 atom stereocenters. The zero-order valence-electron chi connectivity index (χ0n) is 6.26. The van der Waals surface area contributed by atoms with Crippen LogP contribution >= 0.6 is 0 Å². The molecule has 2 rings (SSSR count). The molecule has 0 radical (unpaired) electrons. The molecule has 0 amide bonds. The smallest absolute Gasteiger partial charge is 0.132 e. The van der Waals surface area contributed by atoms with Crippen LogP contribution in [0.3, 0.4) is 0 Å². The summed E-state index contributed by atoms with van der Waals surface area (Å²) in [6.07, 6.45) is 3.69. The van der Waals surface area contributed by atoms with Crippen molar-refractivity contribution in [2.45, 2.75) is 37.1 Å². The minimum atomic E-state index is -0.334. The maximum absolute atomic E-state index is 5.97. The van der Waals surface area contributed by atoms with Gasteiger partial charge in [-0.05, 0) is 26.3 Å². The molecule has 0 spiro atoms. The number of hydrogen-bond acceptors (Lipinski definition) is 3. The molecule has 58 valence electrons. The second-order valence-corrected chi connectivity index (χ2v) is 3.31. The Hall–Kier alpha value is -0.120. The van der Waals surface area contributed by atoms with Gasteiger partial charge in [-0.15, -0.1) is 0 Å². The first-order valence-corrected chi connectivity index (χ1v) is 3.88. The second-order valence-electron chi connectivity index (χ2n) is 3.31. The Labute approximate surface area is 60.9 Å². The highest BCUT2D eigenvalue weighted by Crippen LogP contribution is 2.39. The predicted molar refractivity (Wildman–Crippen MR) is 38.5 cm³/mol. The van der Waals surface area contributed by atoms with Gasteiger partial charge in [0.2, 0.25) is 0 Å². The van der Waals surface area contributed by atoms with Crippen LogP contribution < -0.4 is 11.1 Å². The van der Waals surface area contributed by atoms with Gasteiger partial charge >= 0.3 is 0 Å². The maximum atomic E-state index is 5.97. The van der Waals surface area contributed by atoms with Gasteiger partial charge in [0.15, 0.2) is 0 Å². The Morgan fingerprint density at radius 1 is 1.70 bits per heavy atom. The standard InChI is InChI=1S/C7H14N2O/c1-9-6-4-5-2-3-7(6,8)10-5/h5-6,9H,2-4,8H2,1H3/t5-,6?,7+/m0/s1. The van der Waals surface area contributed by atoms with Crippen molar-refractivity contribution in [2.75, 3.05) is 7.05 Å². The third-order valence-corrected chi connectivity index (χ3v) is 2.68. The molecule has 0 aromatic rings. The molecule has 10 heavy (non-hydrogen) atoms. The summed E-state index contributed by atoms with van der Waals surface area (Å²) in [6, 6.07) is 0.381. The van der Waals surface area contributed by atoms with Gasteiger partial charge in [-0.2, -0.15) is 0 Å². The van der Waals surface area contributed by atoms with Crippen molar-refractivity contribution in [3.05, 3.63) is 0 Å². The summed E-state index contributed by atoms with van der Waals surface area (Å²) in [5.41, 5.74) is 5.64. The first-order valence-electron chi connectivity index (χ1n) is 3.88. The molecule has 2 fully saturated rings. The highest BCUT2D eigenvalue weighted by atomic mass is 16.5. The minimum absolute atomic E-state index is 0.334. The summed E-state index contributed by atoms with van der Waals surface area (Å²) < 4.78 is 5.58. The van der Waals surface area contributed by atoms with Crippen LogP contribution in [0.1, 0.15) is 19.3 Å². The highest BCUT2D eigenvalue weighted by Gasteiger charge is 2.50. The van der Waals surface area contributed by atoms with Crippen LogP contribution in [-0.4, -0.2) is 24.9 Å². The van der Waals surface area contributed by atoms with Crippen LogP contribution in [0, 0.1) is 0 Å². The lowest BCUT2D eigenvalue weighted by Gasteiger charge is -2.27. The summed E-state index contributed by atoms with van der Waals surface area (Å²) in [4.78, 5) is 0. The van der Waals surface area contributed by atoms with Crippen molar-refractivity contribution in [1.29, 1.82) is 0 Å². The Bertz CT molecular complexity index is 151. The number of likely N-dealkylation sites (N-methyl/N-ethyl adjacent to an activating group) is 1. The SMILES string of the molecule is CNC1C[C@@H]2CC[C@@]1(N)O2. The minimum Gasteiger partial charge on any atom is -0.356 e. The van der Waals surface area contributed by atoms with E-state index in [-0.39, 0.29) is 5.72 Å². The third kappa shape index (κ3) is 0.713. The number of ether oxygens (including phenoxy) is 1. The van der Waals surface area contributed by atoms with E-state index < -0.39 is 0 Å². The molecule has 2 aliphatic rings. The van der Waals surface area contributed by atoms with Crippen molar-refractivity contribution < 1.29 is 4.74 Å². The highest BCUT2D eigenvalue weighted by molar-refractivity contribution is 5.01. The van der Waals surface area contributed by atoms with E-state index in [1.165, 1.54) is 0 Å². The van der Waals surface area contributed by atoms with E-state index in [0.29, 0.717) is 12.1 Å². The van der Waals surface area contributed by atoms with E-state index in [4.69, 9.17) is 10.5 Å². The predicted octanol–water partition coefficient (Wildman–Crippen LogP) is -0.188. The monoisotopic (exact) mass is 142 g/mol. The summed E-state index contributed by atoms with van der Waals surface area (Å²) in [7, 11) is 1.95. The van der Waals surface area contributed by atoms with Gasteiger partial charge in [-0.1, -0.05) is 0 Å². The van der Waals surface area contributed by atoms with E-state index in [0.717, 1.165) is 19.3 Å². The number of nitrogens with one attached hydrogen (secondary N) is 1. The number of hydrogen-bond donors (Lipinski definition) is 2. The van der Waals surface area contributed by atoms with Gasteiger partial charge < -0.3 is 15.8 Å². The van der Waals surface area contributed by atoms with Gasteiger partial charge in [0.25, 0.3) is 0 Å². The van der Waals surface area contributed by atoms with E-state index in [2.05, 4.69) is 5.32 Å². The zero-order valence-corrected chi connectivity index (χ0v) is 6.26. The van der Waals surface area contributed by atoms with E-state index in [1.807, 2.05) is 7.05 Å². The molecule has 0 aromatic carbocycles. The van der Waals surface area contributed by atoms with Crippen molar-refractivity contribution in [2.24, 2.45) is 5.73 Å². The second kappa shape index (κ2) is 1.94. The molecule has 3 nitrogen and oxygen atoms in total. The fourth-order valence-corrected chi connectivity index (χ4v) is 2.06. The van der Waals surface area contributed by atoms with E-state index in [9.17, 15) is 0 Å². The van der Waals surface area contributed by atoms with Crippen LogP contribution in [0.5, 0.6) is 0 Å². The topological polar surface area (TPSA) is 47.3 Å². The van der Waals surface area contributed by atoms with Crippen LogP contribution in [0.4, 0.5) is 0 Å². The Morgan fingerprint density at radius 3 is 2.80 bits per heavy atom. The lowest BCUT2D eigenvalue weighted by Crippen LogP contribution is -2.53. The summed E-state index contributed by atoms with van der Waals surface area (Å²) >= 11 is 0. The van der Waals surface area contributed by atoms with E-state index in [1.54, 1.807) is 0 Å². The molecule has 3 heteroatoms. The molecular formula is C7H14N2O. The van der Waals surface area contributed by atoms with Crippen molar-refractivity contribution in [3.63, 3.8) is 0 Å². The Balaban J connectivity index is 2.14. The lowest BCUT2D eigenvalue weighted by atomic mass is 9.91. The molecule has 0 aliphatic carbocycles. The van der Waals surface area contributed by atoms with Gasteiger partial charge in [-0.3, -0.25) is 0 Å². The first-order chi connectivity index (χ1) is 4.74. The van der Waals surface area contributed by atoms with Crippen LogP contribution in [0.25, 0.3) is 0 Å². The van der Waals surface area contributed by atoms with Crippen molar-refractivity contribution in [1.82, 2.24) is 5.32 Å². The average molecular weight is 142 g/mol. The number of fused-ring (bicyclic) bond motifs is 2. The van der Waals surface area contributed by atoms with Crippen molar-refractivity contribution in [3.8, 4) is 0 Å². The van der Waals surface area contributed by atoms with E-state index >= 15 is 0 Å². The van der Waals surface area contributed by atoms with Gasteiger partial charge in [0.1, 0.15) is 5.72 Å². The zero-order chi connectivity index (χ0) is 7.19. The molecule has 1 unspecified atom stereocenters. The molecule has 2 saturated heterocycles. The Kier molecular flexibility index (Phi) is 1.27. The summed E-state index contributed by atoms with van der Waals surface area (Å²) in [5.74, 6) is 0. The van der Waals surface area contributed by atoms with Crippen LogP contribution in [0.2, 0.25) is 0 Å². The largest absolute Gasteiger partial charge is 0.356 e. The van der Waals surface area contributed by atoms with Crippen LogP contribution in [-0.2, 0) is 4.74 Å². The molecule has 2 aliphatic heterocycles. The normalized spacial score (nSPS) is 52.2. The summed E-state index contributed by atoms with van der Waals surface area (Å²) in [5, 5.41) is 3.19. The average Bonchev–Trinajstić information content (AvgIpc) is 2.41. The fourth-order valence-electron chi connectivity index (χ4n) is 2.06. The maximum Gasteiger partial charge on any atom is 0.132 e. The summed E-state index contributed by atoms with van der Waals surface area (Å²) in [6.45, 7) is 0. The quantitative estimate of drug-likeness (QED) is 0.533. The van der Waals surface area contributed by atoms with Gasteiger partial charge in [0, 0.05) is 0 Å². The van der Waals surface area contributed by atoms with Gasteiger partial charge in [-0.25, -0.2) is 0 Å². The molecular weight excluding hydrogens is 128 g/mol. The first kappa shape index (κ1) is 6.58. The third-order valence-electron chi connectivity index (χ3n) is 2.68.